The molecule has 1 aliphatic rings. The van der Waals surface area contributed by atoms with E-state index in [0.717, 1.165) is 47.9 Å². The first-order chi connectivity index (χ1) is 14.1. The van der Waals surface area contributed by atoms with Crippen molar-refractivity contribution in [2.75, 3.05) is 13.7 Å². The van der Waals surface area contributed by atoms with Crippen LogP contribution in [0.2, 0.25) is 0 Å². The number of benzene rings is 1. The zero-order chi connectivity index (χ0) is 20.6. The number of aliphatic imine (C=N–C) groups is 1. The SMILES string of the molecule is CCNC(=NCc1cccc(OC)c1OC1CCCC1)NCc1nc(C)c(C)o1.I. The highest BCUT2D eigenvalue weighted by molar-refractivity contribution is 14.0. The van der Waals surface area contributed by atoms with Crippen molar-refractivity contribution >= 4 is 29.9 Å². The minimum atomic E-state index is 0. The normalized spacial score (nSPS) is 14.3. The zero-order valence-corrected chi connectivity index (χ0v) is 20.6. The quantitative estimate of drug-likeness (QED) is 0.299. The topological polar surface area (TPSA) is 80.9 Å². The van der Waals surface area contributed by atoms with Gasteiger partial charge in [-0.05, 0) is 52.5 Å². The molecule has 0 spiro atoms. The van der Waals surface area contributed by atoms with Gasteiger partial charge in [0.15, 0.2) is 17.5 Å². The monoisotopic (exact) mass is 528 g/mol. The molecular formula is C22H33IN4O3. The Morgan fingerprint density at radius 3 is 2.63 bits per heavy atom. The summed E-state index contributed by atoms with van der Waals surface area (Å²) >= 11 is 0. The van der Waals surface area contributed by atoms with Crippen molar-refractivity contribution in [1.29, 1.82) is 0 Å². The zero-order valence-electron chi connectivity index (χ0n) is 18.3. The Morgan fingerprint density at radius 2 is 2.00 bits per heavy atom. The van der Waals surface area contributed by atoms with E-state index in [0.29, 0.717) is 24.9 Å². The van der Waals surface area contributed by atoms with Crippen LogP contribution in [-0.4, -0.2) is 30.7 Å². The lowest BCUT2D eigenvalue weighted by Crippen LogP contribution is -2.36. The minimum absolute atomic E-state index is 0. The average molecular weight is 528 g/mol. The summed E-state index contributed by atoms with van der Waals surface area (Å²) in [4.78, 5) is 9.13. The van der Waals surface area contributed by atoms with Crippen LogP contribution in [0.3, 0.4) is 0 Å². The lowest BCUT2D eigenvalue weighted by atomic mass is 10.1. The van der Waals surface area contributed by atoms with E-state index < -0.39 is 0 Å². The maximum absolute atomic E-state index is 6.31. The van der Waals surface area contributed by atoms with Gasteiger partial charge in [0.05, 0.1) is 32.0 Å². The molecule has 0 aliphatic heterocycles. The number of oxazole rings is 1. The van der Waals surface area contributed by atoms with Gasteiger partial charge in [-0.1, -0.05) is 12.1 Å². The molecular weight excluding hydrogens is 495 g/mol. The molecule has 1 aromatic heterocycles. The van der Waals surface area contributed by atoms with Crippen molar-refractivity contribution in [1.82, 2.24) is 15.6 Å². The van der Waals surface area contributed by atoms with E-state index in [1.165, 1.54) is 12.8 Å². The fraction of sp³-hybridized carbons (Fsp3) is 0.545. The number of rotatable bonds is 8. The van der Waals surface area contributed by atoms with E-state index >= 15 is 0 Å². The van der Waals surface area contributed by atoms with Gasteiger partial charge < -0.3 is 24.5 Å². The van der Waals surface area contributed by atoms with Gasteiger partial charge >= 0.3 is 0 Å². The molecule has 0 bridgehead atoms. The van der Waals surface area contributed by atoms with Gasteiger partial charge in [0, 0.05) is 12.1 Å². The van der Waals surface area contributed by atoms with Gasteiger partial charge in [-0.2, -0.15) is 0 Å². The van der Waals surface area contributed by atoms with Gasteiger partial charge in [-0.25, -0.2) is 9.98 Å². The maximum Gasteiger partial charge on any atom is 0.214 e. The second kappa shape index (κ2) is 12.0. The van der Waals surface area contributed by atoms with Gasteiger partial charge in [0.2, 0.25) is 5.89 Å². The Bertz CT molecular complexity index is 812. The summed E-state index contributed by atoms with van der Waals surface area (Å²) in [5.74, 6) is 3.76. The number of para-hydroxylation sites is 1. The molecule has 1 saturated carbocycles. The summed E-state index contributed by atoms with van der Waals surface area (Å²) in [6, 6.07) is 5.96. The number of halogens is 1. The molecule has 0 radical (unpaired) electrons. The number of guanidine groups is 1. The number of methoxy groups -OCH3 is 1. The van der Waals surface area contributed by atoms with Crippen LogP contribution in [0.5, 0.6) is 11.5 Å². The summed E-state index contributed by atoms with van der Waals surface area (Å²) in [6.07, 6.45) is 4.90. The predicted molar refractivity (Wildman–Crippen MR) is 129 cm³/mol. The van der Waals surface area contributed by atoms with Crippen molar-refractivity contribution in [2.45, 2.75) is 65.6 Å². The first kappa shape index (κ1) is 24.3. The van der Waals surface area contributed by atoms with Gasteiger partial charge in [0.1, 0.15) is 5.76 Å². The molecule has 0 saturated heterocycles. The number of ether oxygens (including phenoxy) is 2. The second-order valence-corrected chi connectivity index (χ2v) is 7.27. The number of nitrogens with zero attached hydrogens (tertiary/aromatic N) is 2. The van der Waals surface area contributed by atoms with Crippen LogP contribution in [0, 0.1) is 13.8 Å². The van der Waals surface area contributed by atoms with E-state index in [1.807, 2.05) is 39.0 Å². The fourth-order valence-corrected chi connectivity index (χ4v) is 3.43. The van der Waals surface area contributed by atoms with E-state index in [-0.39, 0.29) is 30.1 Å². The molecule has 2 aromatic rings. The first-order valence-corrected chi connectivity index (χ1v) is 10.4. The summed E-state index contributed by atoms with van der Waals surface area (Å²) in [5, 5.41) is 6.54. The van der Waals surface area contributed by atoms with Crippen molar-refractivity contribution < 1.29 is 13.9 Å². The third kappa shape index (κ3) is 6.52. The first-order valence-electron chi connectivity index (χ1n) is 10.4. The molecule has 1 aliphatic carbocycles. The van der Waals surface area contributed by atoms with Crippen LogP contribution >= 0.6 is 24.0 Å². The summed E-state index contributed by atoms with van der Waals surface area (Å²) < 4.78 is 17.5. The average Bonchev–Trinajstić information content (AvgIpc) is 3.34. The molecule has 2 N–H and O–H groups in total. The highest BCUT2D eigenvalue weighted by Crippen LogP contribution is 2.35. The number of hydrogen-bond acceptors (Lipinski definition) is 5. The molecule has 1 aromatic carbocycles. The number of nitrogens with one attached hydrogen (secondary N) is 2. The van der Waals surface area contributed by atoms with Gasteiger partial charge in [-0.15, -0.1) is 24.0 Å². The number of hydrogen-bond donors (Lipinski definition) is 2. The van der Waals surface area contributed by atoms with Crippen LogP contribution in [0.1, 0.15) is 55.5 Å². The predicted octanol–water partition coefficient (Wildman–Crippen LogP) is 4.49. The Kier molecular flexibility index (Phi) is 9.74. The lowest BCUT2D eigenvalue weighted by Gasteiger charge is -2.19. The summed E-state index contributed by atoms with van der Waals surface area (Å²) in [6.45, 7) is 7.62. The van der Waals surface area contributed by atoms with Crippen molar-refractivity contribution in [3.63, 3.8) is 0 Å². The van der Waals surface area contributed by atoms with Crippen LogP contribution in [0.15, 0.2) is 27.6 Å². The van der Waals surface area contributed by atoms with E-state index in [2.05, 4.69) is 15.6 Å². The summed E-state index contributed by atoms with van der Waals surface area (Å²) in [5.41, 5.74) is 1.92. The third-order valence-corrected chi connectivity index (χ3v) is 5.10. The van der Waals surface area contributed by atoms with Crippen molar-refractivity contribution in [2.24, 2.45) is 4.99 Å². The summed E-state index contributed by atoms with van der Waals surface area (Å²) in [7, 11) is 1.68. The van der Waals surface area contributed by atoms with Crippen LogP contribution < -0.4 is 20.1 Å². The smallest absolute Gasteiger partial charge is 0.214 e. The highest BCUT2D eigenvalue weighted by atomic mass is 127. The minimum Gasteiger partial charge on any atom is -0.493 e. The second-order valence-electron chi connectivity index (χ2n) is 7.27. The van der Waals surface area contributed by atoms with Gasteiger partial charge in [0.25, 0.3) is 0 Å². The maximum atomic E-state index is 6.31. The van der Waals surface area contributed by atoms with Crippen LogP contribution in [0.25, 0.3) is 0 Å². The largest absolute Gasteiger partial charge is 0.493 e. The molecule has 0 unspecified atom stereocenters. The standard InChI is InChI=1S/C22H32N4O3.HI/c1-5-23-22(25-14-20-26-15(2)16(3)28-20)24-13-17-9-8-12-19(27-4)21(17)29-18-10-6-7-11-18;/h8-9,12,18H,5-7,10-11,13-14H2,1-4H3,(H2,23,24,25);1H. The van der Waals surface area contributed by atoms with Crippen molar-refractivity contribution in [3.05, 3.63) is 41.1 Å². The Labute approximate surface area is 196 Å². The Balaban J connectivity index is 0.00000320. The molecule has 0 amide bonds. The molecule has 1 heterocycles. The third-order valence-electron chi connectivity index (χ3n) is 5.10. The van der Waals surface area contributed by atoms with E-state index in [4.69, 9.17) is 18.9 Å². The number of aromatic nitrogens is 1. The molecule has 30 heavy (non-hydrogen) atoms. The fourth-order valence-electron chi connectivity index (χ4n) is 3.43. The highest BCUT2D eigenvalue weighted by Gasteiger charge is 2.20. The van der Waals surface area contributed by atoms with Crippen LogP contribution in [-0.2, 0) is 13.1 Å². The number of aryl methyl sites for hydroxylation is 2. The molecule has 1 fully saturated rings. The molecule has 3 rings (SSSR count). The van der Waals surface area contributed by atoms with Gasteiger partial charge in [-0.3, -0.25) is 0 Å². The molecule has 7 nitrogen and oxygen atoms in total. The Morgan fingerprint density at radius 1 is 1.23 bits per heavy atom. The molecule has 166 valence electrons. The van der Waals surface area contributed by atoms with E-state index in [1.54, 1.807) is 7.11 Å². The van der Waals surface area contributed by atoms with Crippen LogP contribution in [0.4, 0.5) is 0 Å². The Hall–Kier alpha value is -1.97. The lowest BCUT2D eigenvalue weighted by molar-refractivity contribution is 0.198. The molecule has 0 atom stereocenters. The van der Waals surface area contributed by atoms with Crippen molar-refractivity contribution in [3.8, 4) is 11.5 Å². The van der Waals surface area contributed by atoms with E-state index in [9.17, 15) is 0 Å². The molecule has 8 heteroatoms.